The van der Waals surface area contributed by atoms with E-state index in [1.165, 1.54) is 10.5 Å². The van der Waals surface area contributed by atoms with E-state index in [-0.39, 0.29) is 6.10 Å². The number of benzene rings is 1. The predicted octanol–water partition coefficient (Wildman–Crippen LogP) is 0.757. The van der Waals surface area contributed by atoms with Crippen molar-refractivity contribution in [2.75, 3.05) is 38.6 Å². The quantitative estimate of drug-likeness (QED) is 0.532. The summed E-state index contributed by atoms with van der Waals surface area (Å²) in [5, 5.41) is 20.2. The van der Waals surface area contributed by atoms with Crippen LogP contribution in [0.2, 0.25) is 0 Å². The molecule has 1 aliphatic heterocycles. The molecular formula is C21H26N5O2S+. The fraction of sp³-hybridized carbons (Fsp3) is 0.381. The molecule has 0 saturated carbocycles. The Kier molecular flexibility index (Phi) is 6.89. The maximum atomic E-state index is 10.5. The molecule has 2 N–H and O–H groups in total. The number of quaternary nitrogens is 1. The highest BCUT2D eigenvalue weighted by Gasteiger charge is 2.20. The van der Waals surface area contributed by atoms with Crippen molar-refractivity contribution in [1.82, 2.24) is 19.7 Å². The highest BCUT2D eigenvalue weighted by atomic mass is 32.2. The SMILES string of the molecule is O[C@@H](CSc1nnc(-c2ccncc2)n1Cc1ccccc1)C[NH+]1CCOCC1. The minimum Gasteiger partial charge on any atom is -0.386 e. The van der Waals surface area contributed by atoms with Gasteiger partial charge in [-0.1, -0.05) is 42.1 Å². The summed E-state index contributed by atoms with van der Waals surface area (Å²) in [6.45, 7) is 4.88. The topological polar surface area (TPSA) is 77.5 Å². The molecule has 29 heavy (non-hydrogen) atoms. The summed E-state index contributed by atoms with van der Waals surface area (Å²) in [6, 6.07) is 14.2. The monoisotopic (exact) mass is 412 g/mol. The Labute approximate surface area is 174 Å². The van der Waals surface area contributed by atoms with Gasteiger partial charge in [0.15, 0.2) is 11.0 Å². The highest BCUT2D eigenvalue weighted by molar-refractivity contribution is 7.99. The van der Waals surface area contributed by atoms with Gasteiger partial charge in [0.1, 0.15) is 25.7 Å². The van der Waals surface area contributed by atoms with Crippen LogP contribution in [0.25, 0.3) is 11.4 Å². The molecule has 7 nitrogen and oxygen atoms in total. The Bertz CT molecular complexity index is 885. The summed E-state index contributed by atoms with van der Waals surface area (Å²) >= 11 is 1.56. The summed E-state index contributed by atoms with van der Waals surface area (Å²) in [7, 11) is 0. The van der Waals surface area contributed by atoms with Crippen LogP contribution in [0.4, 0.5) is 0 Å². The minimum absolute atomic E-state index is 0.389. The lowest BCUT2D eigenvalue weighted by Gasteiger charge is -2.25. The summed E-state index contributed by atoms with van der Waals surface area (Å²) in [5.74, 6) is 1.40. The van der Waals surface area contributed by atoms with Gasteiger partial charge in [0.05, 0.1) is 19.8 Å². The molecule has 0 spiro atoms. The van der Waals surface area contributed by atoms with Crippen LogP contribution in [-0.2, 0) is 11.3 Å². The van der Waals surface area contributed by atoms with E-state index in [1.54, 1.807) is 24.2 Å². The van der Waals surface area contributed by atoms with Crippen LogP contribution in [-0.4, -0.2) is 69.6 Å². The molecule has 1 aromatic carbocycles. The fourth-order valence-corrected chi connectivity index (χ4v) is 4.31. The van der Waals surface area contributed by atoms with Crippen molar-refractivity contribution in [2.24, 2.45) is 0 Å². The van der Waals surface area contributed by atoms with E-state index in [0.717, 1.165) is 49.4 Å². The van der Waals surface area contributed by atoms with Crippen LogP contribution in [0, 0.1) is 0 Å². The van der Waals surface area contributed by atoms with Gasteiger partial charge in [0.2, 0.25) is 0 Å². The first-order valence-corrected chi connectivity index (χ1v) is 10.9. The summed E-state index contributed by atoms with van der Waals surface area (Å²) in [6.07, 6.45) is 3.14. The van der Waals surface area contributed by atoms with Crippen LogP contribution in [0.5, 0.6) is 0 Å². The largest absolute Gasteiger partial charge is 0.386 e. The molecule has 152 valence electrons. The molecule has 1 aliphatic rings. The molecule has 3 heterocycles. The number of nitrogens with zero attached hydrogens (tertiary/aromatic N) is 4. The van der Waals surface area contributed by atoms with Crippen molar-refractivity contribution in [2.45, 2.75) is 17.8 Å². The summed E-state index contributed by atoms with van der Waals surface area (Å²) in [4.78, 5) is 5.50. The van der Waals surface area contributed by atoms with Gasteiger partial charge in [0, 0.05) is 23.7 Å². The number of rotatable bonds is 8. The standard InChI is InChI=1S/C21H25N5O2S/c27-19(15-25-10-12-28-13-11-25)16-29-21-24-23-20(18-6-8-22-9-7-18)26(21)14-17-4-2-1-3-5-17/h1-9,19,27H,10-16H2/p+1/t19-/m1/s1. The molecule has 0 unspecified atom stereocenters. The predicted molar refractivity (Wildman–Crippen MR) is 112 cm³/mol. The summed E-state index contributed by atoms with van der Waals surface area (Å²) < 4.78 is 7.51. The van der Waals surface area contributed by atoms with Crippen LogP contribution >= 0.6 is 11.8 Å². The third-order valence-corrected chi connectivity index (χ3v) is 6.08. The molecule has 1 saturated heterocycles. The number of hydrogen-bond acceptors (Lipinski definition) is 6. The molecule has 4 rings (SSSR count). The van der Waals surface area contributed by atoms with Crippen LogP contribution < -0.4 is 4.90 Å². The number of hydrogen-bond donors (Lipinski definition) is 2. The van der Waals surface area contributed by atoms with Crippen LogP contribution in [0.3, 0.4) is 0 Å². The Hall–Kier alpha value is -2.26. The van der Waals surface area contributed by atoms with Crippen molar-refractivity contribution >= 4 is 11.8 Å². The number of nitrogens with one attached hydrogen (secondary N) is 1. The molecule has 1 atom stereocenters. The number of aliphatic hydroxyl groups is 1. The molecule has 8 heteroatoms. The lowest BCUT2D eigenvalue weighted by atomic mass is 10.2. The third kappa shape index (κ3) is 5.42. The molecular weight excluding hydrogens is 386 g/mol. The molecule has 0 amide bonds. The fourth-order valence-electron chi connectivity index (χ4n) is 3.45. The second-order valence-corrected chi connectivity index (χ2v) is 8.13. The molecule has 0 radical (unpaired) electrons. The van der Waals surface area contributed by atoms with Gasteiger partial charge in [-0.2, -0.15) is 0 Å². The van der Waals surface area contributed by atoms with Gasteiger partial charge in [-0.25, -0.2) is 0 Å². The van der Waals surface area contributed by atoms with Gasteiger partial charge >= 0.3 is 0 Å². The third-order valence-electron chi connectivity index (χ3n) is 4.97. The highest BCUT2D eigenvalue weighted by Crippen LogP contribution is 2.25. The van der Waals surface area contributed by atoms with Gasteiger partial charge in [-0.15, -0.1) is 10.2 Å². The number of thioether (sulfide) groups is 1. The van der Waals surface area contributed by atoms with E-state index >= 15 is 0 Å². The maximum absolute atomic E-state index is 10.5. The second-order valence-electron chi connectivity index (χ2n) is 7.15. The number of pyridine rings is 1. The Morgan fingerprint density at radius 2 is 1.83 bits per heavy atom. The van der Waals surface area contributed by atoms with Gasteiger partial charge < -0.3 is 14.7 Å². The Morgan fingerprint density at radius 1 is 1.07 bits per heavy atom. The number of ether oxygens (including phenoxy) is 1. The molecule has 3 aromatic rings. The second kappa shape index (κ2) is 9.98. The van der Waals surface area contributed by atoms with Gasteiger partial charge in [0.25, 0.3) is 0 Å². The first kappa shape index (κ1) is 20.0. The van der Waals surface area contributed by atoms with E-state index in [2.05, 4.69) is 31.9 Å². The number of morpholine rings is 1. The molecule has 0 aliphatic carbocycles. The average molecular weight is 413 g/mol. The van der Waals surface area contributed by atoms with E-state index < -0.39 is 0 Å². The van der Waals surface area contributed by atoms with Crippen molar-refractivity contribution < 1.29 is 14.7 Å². The zero-order chi connectivity index (χ0) is 19.9. The van der Waals surface area contributed by atoms with E-state index in [4.69, 9.17) is 4.74 Å². The van der Waals surface area contributed by atoms with Crippen LogP contribution in [0.1, 0.15) is 5.56 Å². The minimum atomic E-state index is -0.389. The number of aliphatic hydroxyl groups excluding tert-OH is 1. The zero-order valence-electron chi connectivity index (χ0n) is 16.3. The molecule has 0 bridgehead atoms. The van der Waals surface area contributed by atoms with Crippen molar-refractivity contribution in [3.8, 4) is 11.4 Å². The average Bonchev–Trinajstić information content (AvgIpc) is 3.17. The van der Waals surface area contributed by atoms with Gasteiger partial charge in [-0.05, 0) is 17.7 Å². The number of aromatic nitrogens is 4. The van der Waals surface area contributed by atoms with E-state index in [1.807, 2.05) is 30.3 Å². The maximum Gasteiger partial charge on any atom is 0.191 e. The van der Waals surface area contributed by atoms with Crippen molar-refractivity contribution in [3.63, 3.8) is 0 Å². The van der Waals surface area contributed by atoms with E-state index in [9.17, 15) is 5.11 Å². The zero-order valence-corrected chi connectivity index (χ0v) is 17.1. The first-order chi connectivity index (χ1) is 14.3. The lowest BCUT2D eigenvalue weighted by molar-refractivity contribution is -0.910. The first-order valence-electron chi connectivity index (χ1n) is 9.89. The van der Waals surface area contributed by atoms with E-state index in [0.29, 0.717) is 12.3 Å². The summed E-state index contributed by atoms with van der Waals surface area (Å²) in [5.41, 5.74) is 2.16. The van der Waals surface area contributed by atoms with Crippen molar-refractivity contribution in [1.29, 1.82) is 0 Å². The van der Waals surface area contributed by atoms with Crippen molar-refractivity contribution in [3.05, 3.63) is 60.4 Å². The lowest BCUT2D eigenvalue weighted by Crippen LogP contribution is -3.15. The Morgan fingerprint density at radius 3 is 2.59 bits per heavy atom. The normalized spacial score (nSPS) is 16.0. The molecule has 1 fully saturated rings. The molecule has 2 aromatic heterocycles. The van der Waals surface area contributed by atoms with Gasteiger partial charge in [-0.3, -0.25) is 9.55 Å². The van der Waals surface area contributed by atoms with Crippen LogP contribution in [0.15, 0.2) is 60.0 Å². The Balaban J connectivity index is 1.49. The smallest absolute Gasteiger partial charge is 0.191 e.